The first kappa shape index (κ1) is 15.0. The maximum Gasteiger partial charge on any atom is 0.289 e. The monoisotopic (exact) mass is 328 g/mol. The summed E-state index contributed by atoms with van der Waals surface area (Å²) < 4.78 is 5.16. The van der Waals surface area contributed by atoms with Crippen LogP contribution in [-0.2, 0) is 17.6 Å². The molecule has 0 saturated carbocycles. The number of rotatable bonds is 2. The van der Waals surface area contributed by atoms with Crippen LogP contribution < -0.4 is 0 Å². The number of aromatic amines is 1. The lowest BCUT2D eigenvalue weighted by atomic mass is 9.88. The third kappa shape index (κ3) is 2.70. The first-order chi connectivity index (χ1) is 11.7. The number of amides is 2. The molecular weight excluding hydrogens is 308 g/mol. The molecular formula is C17H20N4O3. The molecule has 2 aromatic rings. The van der Waals surface area contributed by atoms with Crippen molar-refractivity contribution in [1.82, 2.24) is 19.8 Å². The second kappa shape index (κ2) is 6.14. The van der Waals surface area contributed by atoms with Gasteiger partial charge in [-0.25, -0.2) is 4.98 Å². The second-order valence-electron chi connectivity index (χ2n) is 6.36. The van der Waals surface area contributed by atoms with Gasteiger partial charge in [0.15, 0.2) is 5.76 Å². The molecule has 2 aromatic heterocycles. The number of carbonyl (C=O) groups is 2. The van der Waals surface area contributed by atoms with Gasteiger partial charge >= 0.3 is 0 Å². The topological polar surface area (TPSA) is 82.4 Å². The van der Waals surface area contributed by atoms with Gasteiger partial charge in [0.05, 0.1) is 18.3 Å². The van der Waals surface area contributed by atoms with E-state index in [0.29, 0.717) is 31.9 Å². The number of furan rings is 1. The number of hydrogen-bond donors (Lipinski definition) is 1. The molecule has 1 fully saturated rings. The number of imidazole rings is 1. The van der Waals surface area contributed by atoms with Crippen LogP contribution in [0.15, 0.2) is 29.1 Å². The Hall–Kier alpha value is -2.57. The molecule has 0 spiro atoms. The summed E-state index contributed by atoms with van der Waals surface area (Å²) in [4.78, 5) is 36.1. The molecule has 2 amide bonds. The molecule has 1 atom stereocenters. The Labute approximate surface area is 139 Å². The van der Waals surface area contributed by atoms with Crippen molar-refractivity contribution in [2.75, 3.05) is 26.2 Å². The van der Waals surface area contributed by atoms with Gasteiger partial charge in [-0.15, -0.1) is 0 Å². The second-order valence-corrected chi connectivity index (χ2v) is 6.36. The fourth-order valence-corrected chi connectivity index (χ4v) is 3.56. The molecule has 1 unspecified atom stereocenters. The molecule has 3 heterocycles. The van der Waals surface area contributed by atoms with E-state index in [1.54, 1.807) is 23.4 Å². The SMILES string of the molecule is O=C(c1ccco1)N1CCN(C(=O)C2CCc3nc[nH]c3C2)CC1. The lowest BCUT2D eigenvalue weighted by Gasteiger charge is -2.36. The Bertz CT molecular complexity index is 729. The van der Waals surface area contributed by atoms with Crippen LogP contribution in [0.2, 0.25) is 0 Å². The van der Waals surface area contributed by atoms with E-state index in [2.05, 4.69) is 9.97 Å². The lowest BCUT2D eigenvalue weighted by molar-refractivity contribution is -0.137. The van der Waals surface area contributed by atoms with Crippen LogP contribution in [0.3, 0.4) is 0 Å². The highest BCUT2D eigenvalue weighted by Gasteiger charge is 2.32. The molecule has 1 aliphatic carbocycles. The average molecular weight is 328 g/mol. The molecule has 7 heteroatoms. The van der Waals surface area contributed by atoms with Gasteiger partial charge in [0.1, 0.15) is 0 Å². The lowest BCUT2D eigenvalue weighted by Crippen LogP contribution is -2.52. The van der Waals surface area contributed by atoms with Crippen molar-refractivity contribution in [1.29, 1.82) is 0 Å². The Morgan fingerprint density at radius 1 is 1.21 bits per heavy atom. The number of fused-ring (bicyclic) bond motifs is 1. The van der Waals surface area contributed by atoms with Crippen LogP contribution in [0.25, 0.3) is 0 Å². The minimum Gasteiger partial charge on any atom is -0.459 e. The molecule has 0 aromatic carbocycles. The zero-order valence-electron chi connectivity index (χ0n) is 13.4. The molecule has 0 radical (unpaired) electrons. The van der Waals surface area contributed by atoms with E-state index in [0.717, 1.165) is 30.7 Å². The van der Waals surface area contributed by atoms with Gasteiger partial charge in [-0.3, -0.25) is 9.59 Å². The Morgan fingerprint density at radius 3 is 2.75 bits per heavy atom. The number of nitrogens with zero attached hydrogens (tertiary/aromatic N) is 3. The molecule has 7 nitrogen and oxygen atoms in total. The van der Waals surface area contributed by atoms with E-state index in [1.807, 2.05) is 4.90 Å². The van der Waals surface area contributed by atoms with E-state index in [-0.39, 0.29) is 17.7 Å². The van der Waals surface area contributed by atoms with E-state index in [9.17, 15) is 9.59 Å². The maximum atomic E-state index is 12.8. The highest BCUT2D eigenvalue weighted by atomic mass is 16.3. The van der Waals surface area contributed by atoms with Crippen LogP contribution in [0.5, 0.6) is 0 Å². The van der Waals surface area contributed by atoms with Crippen molar-refractivity contribution in [2.24, 2.45) is 5.92 Å². The number of hydrogen-bond acceptors (Lipinski definition) is 4. The Balaban J connectivity index is 1.34. The predicted octanol–water partition coefficient (Wildman–Crippen LogP) is 1.09. The summed E-state index contributed by atoms with van der Waals surface area (Å²) in [6.07, 6.45) is 5.64. The predicted molar refractivity (Wildman–Crippen MR) is 85.3 cm³/mol. The van der Waals surface area contributed by atoms with E-state index >= 15 is 0 Å². The molecule has 1 saturated heterocycles. The van der Waals surface area contributed by atoms with Crippen LogP contribution >= 0.6 is 0 Å². The van der Waals surface area contributed by atoms with Crippen molar-refractivity contribution >= 4 is 11.8 Å². The third-order valence-corrected chi connectivity index (χ3v) is 4.95. The van der Waals surface area contributed by atoms with Crippen molar-refractivity contribution in [3.8, 4) is 0 Å². The van der Waals surface area contributed by atoms with E-state index < -0.39 is 0 Å². The number of carbonyl (C=O) groups excluding carboxylic acids is 2. The van der Waals surface area contributed by atoms with Crippen LogP contribution in [0.1, 0.15) is 28.4 Å². The van der Waals surface area contributed by atoms with E-state index in [1.165, 1.54) is 6.26 Å². The third-order valence-electron chi connectivity index (χ3n) is 4.95. The molecule has 4 rings (SSSR count). The van der Waals surface area contributed by atoms with Gasteiger partial charge in [0.2, 0.25) is 5.91 Å². The average Bonchev–Trinajstić information content (AvgIpc) is 3.31. The zero-order valence-corrected chi connectivity index (χ0v) is 13.4. The quantitative estimate of drug-likeness (QED) is 0.895. The van der Waals surface area contributed by atoms with Crippen molar-refractivity contribution in [3.05, 3.63) is 41.9 Å². The summed E-state index contributed by atoms with van der Waals surface area (Å²) in [5.74, 6) is 0.464. The number of aromatic nitrogens is 2. The number of H-pyrrole nitrogens is 1. The van der Waals surface area contributed by atoms with Gasteiger partial charge in [0.25, 0.3) is 5.91 Å². The molecule has 2 aliphatic rings. The summed E-state index contributed by atoms with van der Waals surface area (Å²) in [7, 11) is 0. The highest BCUT2D eigenvalue weighted by Crippen LogP contribution is 2.25. The molecule has 1 aliphatic heterocycles. The van der Waals surface area contributed by atoms with Crippen molar-refractivity contribution in [3.63, 3.8) is 0 Å². The summed E-state index contributed by atoms with van der Waals surface area (Å²) in [6, 6.07) is 3.38. The number of aryl methyl sites for hydroxylation is 1. The van der Waals surface area contributed by atoms with Crippen LogP contribution in [0, 0.1) is 5.92 Å². The van der Waals surface area contributed by atoms with Gasteiger partial charge in [-0.05, 0) is 25.0 Å². The van der Waals surface area contributed by atoms with Crippen molar-refractivity contribution in [2.45, 2.75) is 19.3 Å². The fourth-order valence-electron chi connectivity index (χ4n) is 3.56. The van der Waals surface area contributed by atoms with Gasteiger partial charge in [-0.1, -0.05) is 0 Å². The van der Waals surface area contributed by atoms with Gasteiger partial charge < -0.3 is 19.2 Å². The smallest absolute Gasteiger partial charge is 0.289 e. The summed E-state index contributed by atoms with van der Waals surface area (Å²) in [5, 5.41) is 0. The zero-order chi connectivity index (χ0) is 16.5. The Morgan fingerprint density at radius 2 is 2.00 bits per heavy atom. The number of nitrogens with one attached hydrogen (secondary N) is 1. The van der Waals surface area contributed by atoms with Crippen LogP contribution in [-0.4, -0.2) is 57.8 Å². The highest BCUT2D eigenvalue weighted by molar-refractivity contribution is 5.91. The summed E-state index contributed by atoms with van der Waals surface area (Å²) in [6.45, 7) is 2.26. The molecule has 126 valence electrons. The Kier molecular flexibility index (Phi) is 3.84. The van der Waals surface area contributed by atoms with Crippen LogP contribution in [0.4, 0.5) is 0 Å². The normalized spacial score (nSPS) is 20.8. The molecule has 1 N–H and O–H groups in total. The largest absolute Gasteiger partial charge is 0.459 e. The van der Waals surface area contributed by atoms with Crippen molar-refractivity contribution < 1.29 is 14.0 Å². The maximum absolute atomic E-state index is 12.8. The summed E-state index contributed by atoms with van der Waals surface area (Å²) >= 11 is 0. The first-order valence-electron chi connectivity index (χ1n) is 8.35. The minimum absolute atomic E-state index is 0.0188. The van der Waals surface area contributed by atoms with E-state index in [4.69, 9.17) is 4.42 Å². The molecule has 24 heavy (non-hydrogen) atoms. The first-order valence-corrected chi connectivity index (χ1v) is 8.35. The van der Waals surface area contributed by atoms with Gasteiger partial charge in [-0.2, -0.15) is 0 Å². The fraction of sp³-hybridized carbons (Fsp3) is 0.471. The standard InChI is InChI=1S/C17H20N4O3/c22-16(12-3-4-13-14(10-12)19-11-18-13)20-5-7-21(8-6-20)17(23)15-2-1-9-24-15/h1-2,9,11-12H,3-8,10H2,(H,18,19). The van der Waals surface area contributed by atoms with Gasteiger partial charge in [0, 0.05) is 44.2 Å². The number of piperazine rings is 1. The molecule has 0 bridgehead atoms. The minimum atomic E-state index is -0.105. The summed E-state index contributed by atoms with van der Waals surface area (Å²) in [5.41, 5.74) is 2.18.